The summed E-state index contributed by atoms with van der Waals surface area (Å²) in [6.07, 6.45) is 12.2. The molecule has 4 rings (SSSR count). The molecule has 6 nitrogen and oxygen atoms in total. The van der Waals surface area contributed by atoms with Crippen LogP contribution in [-0.2, 0) is 30.6 Å². The van der Waals surface area contributed by atoms with Crippen molar-refractivity contribution in [2.24, 2.45) is 17.3 Å². The summed E-state index contributed by atoms with van der Waals surface area (Å²) in [6, 6.07) is 2.36. The molecule has 0 saturated heterocycles. The first kappa shape index (κ1) is 26.0. The molecule has 2 heterocycles. The number of hydrogen-bond acceptors (Lipinski definition) is 6. The fourth-order valence-electron chi connectivity index (χ4n) is 5.36. The van der Waals surface area contributed by atoms with E-state index in [1.165, 1.54) is 48.7 Å². The van der Waals surface area contributed by atoms with E-state index in [-0.39, 0.29) is 17.1 Å². The molecule has 2 aliphatic carbocycles. The molecular formula is C27H37N5OS2. The molecule has 2 aromatic heterocycles. The van der Waals surface area contributed by atoms with Crippen LogP contribution in [0.5, 0.6) is 0 Å². The smallest absolute Gasteiger partial charge is 0.235 e. The Bertz CT molecular complexity index is 1100. The minimum Gasteiger partial charge on any atom is -0.316 e. The maximum Gasteiger partial charge on any atom is 0.235 e. The van der Waals surface area contributed by atoms with Crippen molar-refractivity contribution >= 4 is 34.0 Å². The van der Waals surface area contributed by atoms with Crippen LogP contribution in [-0.4, -0.2) is 26.4 Å². The Morgan fingerprint density at radius 2 is 2.06 bits per heavy atom. The molecule has 1 N–H and O–H groups in total. The molecule has 1 amide bonds. The summed E-state index contributed by atoms with van der Waals surface area (Å²) < 4.78 is 2.09. The quantitative estimate of drug-likeness (QED) is 0.327. The number of thiophene rings is 1. The molecule has 1 saturated carbocycles. The number of carbonyl (C=O) groups is 1. The van der Waals surface area contributed by atoms with Gasteiger partial charge in [-0.3, -0.25) is 4.79 Å². The van der Waals surface area contributed by atoms with Crippen molar-refractivity contribution < 1.29 is 4.79 Å². The lowest BCUT2D eigenvalue weighted by Crippen LogP contribution is -2.26. The average Bonchev–Trinajstić information content (AvgIpc) is 3.37. The van der Waals surface area contributed by atoms with E-state index in [0.29, 0.717) is 28.9 Å². The van der Waals surface area contributed by atoms with E-state index >= 15 is 0 Å². The largest absolute Gasteiger partial charge is 0.316 e. The van der Waals surface area contributed by atoms with Crippen LogP contribution in [0.1, 0.15) is 81.1 Å². The second-order valence-corrected chi connectivity index (χ2v) is 13.0. The number of hydrogen-bond donors (Lipinski definition) is 1. The van der Waals surface area contributed by atoms with Crippen LogP contribution in [0.4, 0.5) is 5.00 Å². The molecule has 1 fully saturated rings. The molecule has 8 heteroatoms. The Morgan fingerprint density at radius 3 is 2.74 bits per heavy atom. The molecule has 0 radical (unpaired) electrons. The summed E-state index contributed by atoms with van der Waals surface area (Å²) >= 11 is 2.98. The number of carbonyl (C=O) groups excluding carboxylic acids is 1. The predicted octanol–water partition coefficient (Wildman–Crippen LogP) is 6.40. The Hall–Kier alpha value is -2.11. The summed E-state index contributed by atoms with van der Waals surface area (Å²) in [7, 11) is 0. The number of aromatic nitrogens is 3. The predicted molar refractivity (Wildman–Crippen MR) is 144 cm³/mol. The molecule has 2 aromatic rings. The fraction of sp³-hybridized carbons (Fsp3) is 0.630. The normalized spacial score (nSPS) is 18.6. The zero-order valence-corrected chi connectivity index (χ0v) is 22.9. The molecule has 1 atom stereocenters. The van der Waals surface area contributed by atoms with Crippen LogP contribution in [0, 0.1) is 28.6 Å². The molecule has 0 bridgehead atoms. The Kier molecular flexibility index (Phi) is 8.38. The average molecular weight is 512 g/mol. The molecule has 0 aromatic carbocycles. The van der Waals surface area contributed by atoms with Crippen molar-refractivity contribution in [3.05, 3.63) is 34.5 Å². The summed E-state index contributed by atoms with van der Waals surface area (Å²) in [6.45, 7) is 11.4. The van der Waals surface area contributed by atoms with E-state index in [1.54, 1.807) is 11.3 Å². The number of rotatable bonds is 8. The highest BCUT2D eigenvalue weighted by molar-refractivity contribution is 7.99. The van der Waals surface area contributed by atoms with E-state index in [9.17, 15) is 10.1 Å². The third-order valence-corrected chi connectivity index (χ3v) is 9.62. The first-order chi connectivity index (χ1) is 16.8. The van der Waals surface area contributed by atoms with E-state index in [2.05, 4.69) is 53.5 Å². The van der Waals surface area contributed by atoms with Gasteiger partial charge in [-0.05, 0) is 42.1 Å². The van der Waals surface area contributed by atoms with Crippen LogP contribution in [0.2, 0.25) is 0 Å². The van der Waals surface area contributed by atoms with Crippen molar-refractivity contribution in [1.29, 1.82) is 5.26 Å². The molecule has 1 unspecified atom stereocenters. The number of fused-ring (bicyclic) bond motifs is 1. The number of amides is 1. The molecular weight excluding hydrogens is 474 g/mol. The van der Waals surface area contributed by atoms with E-state index in [1.807, 2.05) is 6.08 Å². The van der Waals surface area contributed by atoms with Gasteiger partial charge in [0.05, 0.1) is 11.3 Å². The van der Waals surface area contributed by atoms with Crippen LogP contribution in [0.3, 0.4) is 0 Å². The van der Waals surface area contributed by atoms with Crippen molar-refractivity contribution in [3.63, 3.8) is 0 Å². The maximum absolute atomic E-state index is 12.9. The van der Waals surface area contributed by atoms with Gasteiger partial charge in [-0.2, -0.15) is 5.26 Å². The first-order valence-electron chi connectivity index (χ1n) is 12.8. The van der Waals surface area contributed by atoms with Gasteiger partial charge in [-0.25, -0.2) is 0 Å². The van der Waals surface area contributed by atoms with Gasteiger partial charge in [-0.1, -0.05) is 70.7 Å². The van der Waals surface area contributed by atoms with Crippen molar-refractivity contribution in [2.75, 3.05) is 11.1 Å². The molecule has 0 spiro atoms. The second-order valence-electron chi connectivity index (χ2n) is 11.0. The van der Waals surface area contributed by atoms with Gasteiger partial charge in [0.1, 0.15) is 16.9 Å². The molecule has 188 valence electrons. The number of nitrogens with zero attached hydrogens (tertiary/aromatic N) is 4. The lowest BCUT2D eigenvalue weighted by Gasteiger charge is -2.33. The SMILES string of the molecule is C=CCn1c(CC2CCCCC2)nnc1SCC(=O)Nc1sc2c(c1C#N)CCC(C(C)(C)C)C2. The Labute approximate surface area is 217 Å². The number of anilines is 1. The monoisotopic (exact) mass is 511 g/mol. The summed E-state index contributed by atoms with van der Waals surface area (Å²) in [5.41, 5.74) is 2.03. The number of nitrogens with one attached hydrogen (secondary N) is 1. The van der Waals surface area contributed by atoms with Crippen LogP contribution >= 0.6 is 23.1 Å². The minimum absolute atomic E-state index is 0.112. The highest BCUT2D eigenvalue weighted by Gasteiger charge is 2.32. The van der Waals surface area contributed by atoms with Gasteiger partial charge in [0, 0.05) is 17.8 Å². The van der Waals surface area contributed by atoms with Gasteiger partial charge in [0.2, 0.25) is 5.91 Å². The second kappa shape index (κ2) is 11.3. The van der Waals surface area contributed by atoms with E-state index < -0.39 is 0 Å². The summed E-state index contributed by atoms with van der Waals surface area (Å²) in [5, 5.41) is 23.1. The lowest BCUT2D eigenvalue weighted by molar-refractivity contribution is -0.113. The number of nitriles is 1. The van der Waals surface area contributed by atoms with Crippen LogP contribution in [0.15, 0.2) is 17.8 Å². The van der Waals surface area contributed by atoms with Crippen molar-refractivity contribution in [2.45, 2.75) is 90.3 Å². The topological polar surface area (TPSA) is 83.6 Å². The Balaban J connectivity index is 1.40. The highest BCUT2D eigenvalue weighted by Crippen LogP contribution is 2.44. The zero-order chi connectivity index (χ0) is 25.0. The molecule has 35 heavy (non-hydrogen) atoms. The van der Waals surface area contributed by atoms with Crippen LogP contribution < -0.4 is 5.32 Å². The third kappa shape index (κ3) is 6.18. The summed E-state index contributed by atoms with van der Waals surface area (Å²) in [4.78, 5) is 14.1. The third-order valence-electron chi connectivity index (χ3n) is 7.49. The lowest BCUT2D eigenvalue weighted by atomic mass is 9.72. The van der Waals surface area contributed by atoms with E-state index in [4.69, 9.17) is 0 Å². The fourth-order valence-corrected chi connectivity index (χ4v) is 7.42. The maximum atomic E-state index is 12.9. The van der Waals surface area contributed by atoms with Gasteiger partial charge in [0.25, 0.3) is 0 Å². The van der Waals surface area contributed by atoms with Gasteiger partial charge >= 0.3 is 0 Å². The summed E-state index contributed by atoms with van der Waals surface area (Å²) in [5.74, 6) is 2.38. The number of allylic oxidation sites excluding steroid dienone is 1. The minimum atomic E-state index is -0.112. The van der Waals surface area contributed by atoms with Gasteiger partial charge < -0.3 is 9.88 Å². The standard InChI is InChI=1S/C27H37N5OS2/c1-5-13-32-23(14-18-9-7-6-8-10-18)30-31-26(32)34-17-24(33)29-25-21(16-28)20-12-11-19(27(2,3)4)15-22(20)35-25/h5,18-19H,1,6-15,17H2,2-4H3,(H,29,33). The van der Waals surface area contributed by atoms with Gasteiger partial charge in [-0.15, -0.1) is 28.1 Å². The van der Waals surface area contributed by atoms with E-state index in [0.717, 1.165) is 42.2 Å². The van der Waals surface area contributed by atoms with Crippen LogP contribution in [0.25, 0.3) is 0 Å². The van der Waals surface area contributed by atoms with Crippen molar-refractivity contribution in [1.82, 2.24) is 14.8 Å². The Morgan fingerprint density at radius 1 is 1.29 bits per heavy atom. The van der Waals surface area contributed by atoms with Gasteiger partial charge in [0.15, 0.2) is 5.16 Å². The zero-order valence-electron chi connectivity index (χ0n) is 21.2. The first-order valence-corrected chi connectivity index (χ1v) is 14.6. The van der Waals surface area contributed by atoms with Crippen molar-refractivity contribution in [3.8, 4) is 6.07 Å². The molecule has 0 aliphatic heterocycles. The number of thioether (sulfide) groups is 1. The highest BCUT2D eigenvalue weighted by atomic mass is 32.2. The molecule has 2 aliphatic rings.